The van der Waals surface area contributed by atoms with Crippen molar-refractivity contribution in [3.8, 4) is 0 Å². The number of nitrogens with two attached hydrogens (primary N) is 1. The van der Waals surface area contributed by atoms with Crippen molar-refractivity contribution in [3.05, 3.63) is 34.2 Å². The van der Waals surface area contributed by atoms with Crippen molar-refractivity contribution in [2.24, 2.45) is 0 Å². The lowest BCUT2D eigenvalue weighted by Crippen LogP contribution is -2.50. The van der Waals surface area contributed by atoms with Gasteiger partial charge in [0.15, 0.2) is 0 Å². The number of nitrogens with one attached hydrogen (secondary N) is 1. The molecule has 7 heteroatoms. The first-order valence-corrected chi connectivity index (χ1v) is 6.10. The highest BCUT2D eigenvalue weighted by molar-refractivity contribution is 6.01. The van der Waals surface area contributed by atoms with E-state index in [1.807, 2.05) is 5.32 Å². The van der Waals surface area contributed by atoms with Gasteiger partial charge in [0.05, 0.1) is 10.3 Å². The fourth-order valence-corrected chi connectivity index (χ4v) is 2.09. The van der Waals surface area contributed by atoms with E-state index in [0.717, 1.165) is 0 Å². The van der Waals surface area contributed by atoms with Crippen LogP contribution in [-0.2, 0) is 9.59 Å². The molecule has 3 N–H and O–H groups in total. The smallest absolute Gasteiger partial charge is 0.399 e. The molecule has 0 aliphatic carbocycles. The van der Waals surface area contributed by atoms with E-state index >= 15 is 0 Å². The van der Waals surface area contributed by atoms with Crippen LogP contribution >= 0.6 is 0 Å². The number of imide groups is 1. The van der Waals surface area contributed by atoms with Gasteiger partial charge >= 0.3 is 11.8 Å². The monoisotopic (exact) mass is 276 g/mol. The fraction of sp³-hybridized carbons (Fsp3) is 0.308. The third kappa shape index (κ3) is 2.56. The predicted octanol–water partition coefficient (Wildman–Crippen LogP) is 0.302. The minimum absolute atomic E-state index is 0.0356. The van der Waals surface area contributed by atoms with Crippen LogP contribution in [0.15, 0.2) is 18.2 Å². The van der Waals surface area contributed by atoms with E-state index in [4.69, 9.17) is 5.73 Å². The van der Waals surface area contributed by atoms with Gasteiger partial charge in [0.1, 0.15) is 0 Å². The topological polar surface area (TPSA) is 109 Å². The van der Waals surface area contributed by atoms with Crippen LogP contribution in [0.3, 0.4) is 0 Å². The van der Waals surface area contributed by atoms with Crippen LogP contribution in [0.4, 0.5) is 5.69 Å². The SMILES string of the molecule is Cc1cc(N)ccc1C(=O)[N+](=O)C1CCC(=O)NC1=O. The van der Waals surface area contributed by atoms with Crippen LogP contribution in [0.2, 0.25) is 0 Å². The summed E-state index contributed by atoms with van der Waals surface area (Å²) in [5.74, 6) is -1.98. The van der Waals surface area contributed by atoms with Gasteiger partial charge in [0.2, 0.25) is 5.91 Å². The summed E-state index contributed by atoms with van der Waals surface area (Å²) in [4.78, 5) is 46.7. The molecule has 1 heterocycles. The van der Waals surface area contributed by atoms with Gasteiger partial charge in [0, 0.05) is 23.4 Å². The number of nitrogen functional groups attached to an aromatic ring is 1. The third-order valence-electron chi connectivity index (χ3n) is 3.17. The summed E-state index contributed by atoms with van der Waals surface area (Å²) in [6.07, 6.45) is 0.0804. The van der Waals surface area contributed by atoms with E-state index < -0.39 is 23.8 Å². The van der Waals surface area contributed by atoms with Gasteiger partial charge in [-0.25, -0.2) is 4.79 Å². The molecule has 0 spiro atoms. The molecule has 2 rings (SSSR count). The molecule has 1 aromatic rings. The van der Waals surface area contributed by atoms with Crippen molar-refractivity contribution < 1.29 is 19.1 Å². The first-order valence-electron chi connectivity index (χ1n) is 6.10. The molecule has 1 aliphatic heterocycles. The first kappa shape index (κ1) is 13.9. The van der Waals surface area contributed by atoms with Crippen molar-refractivity contribution >= 4 is 23.4 Å². The minimum Gasteiger partial charge on any atom is -0.399 e. The zero-order chi connectivity index (χ0) is 14.9. The van der Waals surface area contributed by atoms with Crippen molar-refractivity contribution in [2.75, 3.05) is 5.73 Å². The van der Waals surface area contributed by atoms with Crippen LogP contribution in [0.5, 0.6) is 0 Å². The van der Waals surface area contributed by atoms with Gasteiger partial charge < -0.3 is 5.73 Å². The molecule has 1 saturated heterocycles. The Morgan fingerprint density at radius 1 is 1.40 bits per heavy atom. The molecule has 0 aromatic heterocycles. The normalized spacial score (nSPS) is 18.6. The van der Waals surface area contributed by atoms with E-state index in [2.05, 4.69) is 0 Å². The first-order chi connectivity index (χ1) is 9.40. The summed E-state index contributed by atoms with van der Waals surface area (Å²) < 4.78 is 0.125. The number of benzene rings is 1. The van der Waals surface area contributed by atoms with Crippen LogP contribution in [0.25, 0.3) is 0 Å². The molecule has 1 atom stereocenters. The lowest BCUT2D eigenvalue weighted by atomic mass is 10.0. The Morgan fingerprint density at radius 3 is 2.70 bits per heavy atom. The summed E-state index contributed by atoms with van der Waals surface area (Å²) in [5, 5.41) is 2.05. The highest BCUT2D eigenvalue weighted by Gasteiger charge is 2.43. The molecule has 1 aromatic carbocycles. The highest BCUT2D eigenvalue weighted by Crippen LogP contribution is 2.16. The number of hydrogen-bond donors (Lipinski definition) is 2. The van der Waals surface area contributed by atoms with Gasteiger partial charge in [-0.1, -0.05) is 0 Å². The molecular weight excluding hydrogens is 262 g/mol. The Morgan fingerprint density at radius 2 is 2.10 bits per heavy atom. The number of hydrogen-bond acceptors (Lipinski definition) is 5. The number of carbonyl (C=O) groups excluding carboxylic acids is 3. The number of anilines is 1. The average molecular weight is 276 g/mol. The van der Waals surface area contributed by atoms with Crippen molar-refractivity contribution in [2.45, 2.75) is 25.8 Å². The average Bonchev–Trinajstić information content (AvgIpc) is 2.37. The van der Waals surface area contributed by atoms with Crippen molar-refractivity contribution in [3.63, 3.8) is 0 Å². The van der Waals surface area contributed by atoms with Crippen LogP contribution < -0.4 is 11.1 Å². The van der Waals surface area contributed by atoms with Crippen LogP contribution in [0.1, 0.15) is 28.8 Å². The second kappa shape index (κ2) is 5.20. The molecule has 1 aliphatic rings. The molecule has 104 valence electrons. The second-order valence-electron chi connectivity index (χ2n) is 4.67. The molecule has 0 bridgehead atoms. The number of amides is 3. The van der Waals surface area contributed by atoms with E-state index in [1.165, 1.54) is 12.1 Å². The van der Waals surface area contributed by atoms with Crippen LogP contribution in [-0.4, -0.2) is 28.5 Å². The fourth-order valence-electron chi connectivity index (χ4n) is 2.09. The van der Waals surface area contributed by atoms with Gasteiger partial charge in [-0.05, 0) is 30.7 Å². The molecule has 3 amide bonds. The lowest BCUT2D eigenvalue weighted by molar-refractivity contribution is -0.480. The maximum absolute atomic E-state index is 12.1. The summed E-state index contributed by atoms with van der Waals surface area (Å²) in [5.41, 5.74) is 6.81. The summed E-state index contributed by atoms with van der Waals surface area (Å²) in [6.45, 7) is 1.65. The molecule has 7 nitrogen and oxygen atoms in total. The molecule has 1 unspecified atom stereocenters. The number of aryl methyl sites for hydroxylation is 1. The zero-order valence-corrected chi connectivity index (χ0v) is 10.9. The Hall–Kier alpha value is -2.57. The third-order valence-corrected chi connectivity index (χ3v) is 3.17. The molecule has 0 saturated carbocycles. The van der Waals surface area contributed by atoms with Gasteiger partial charge in [-0.3, -0.25) is 14.9 Å². The summed E-state index contributed by atoms with van der Waals surface area (Å²) >= 11 is 0. The van der Waals surface area contributed by atoms with Gasteiger partial charge in [-0.15, -0.1) is 0 Å². The number of piperidine rings is 1. The van der Waals surface area contributed by atoms with E-state index in [1.54, 1.807) is 13.0 Å². The lowest BCUT2D eigenvalue weighted by Gasteiger charge is -2.13. The van der Waals surface area contributed by atoms with Crippen molar-refractivity contribution in [1.29, 1.82) is 0 Å². The Balaban J connectivity index is 2.22. The number of nitroso groups, excluding NO2 is 1. The van der Waals surface area contributed by atoms with Crippen molar-refractivity contribution in [1.82, 2.24) is 5.32 Å². The molecule has 0 radical (unpaired) electrons. The van der Waals surface area contributed by atoms with E-state index in [-0.39, 0.29) is 23.2 Å². The zero-order valence-electron chi connectivity index (χ0n) is 10.9. The van der Waals surface area contributed by atoms with E-state index in [0.29, 0.717) is 11.3 Å². The summed E-state index contributed by atoms with van der Waals surface area (Å²) in [7, 11) is 0. The summed E-state index contributed by atoms with van der Waals surface area (Å²) in [6, 6.07) is 3.37. The van der Waals surface area contributed by atoms with Gasteiger partial charge in [0.25, 0.3) is 6.04 Å². The Kier molecular flexibility index (Phi) is 3.60. The largest absolute Gasteiger partial charge is 0.466 e. The quantitative estimate of drug-likeness (QED) is 0.458. The van der Waals surface area contributed by atoms with E-state index in [9.17, 15) is 19.3 Å². The van der Waals surface area contributed by atoms with Crippen LogP contribution in [0, 0.1) is 11.8 Å². The highest BCUT2D eigenvalue weighted by atomic mass is 16.3. The maximum Gasteiger partial charge on any atom is 0.466 e. The second-order valence-corrected chi connectivity index (χ2v) is 4.67. The van der Waals surface area contributed by atoms with Gasteiger partial charge in [-0.2, -0.15) is 0 Å². The maximum atomic E-state index is 12.1. The Labute approximate surface area is 114 Å². The molecular formula is C13H14N3O4+. The molecule has 20 heavy (non-hydrogen) atoms. The predicted molar refractivity (Wildman–Crippen MR) is 69.7 cm³/mol. The number of rotatable bonds is 2. The number of nitrogens with zero attached hydrogens (tertiary/aromatic N) is 1. The standard InChI is InChI=1S/C13H13N3O4/c1-7-6-8(14)2-3-9(7)13(19)16(20)10-4-5-11(17)15-12(10)18/h2-3,6,10H,4-5H2,1H3,(H2-,14,15,17,18,19)/p+1. The molecule has 1 fully saturated rings. The number of carbonyl (C=O) groups is 3. The Bertz CT molecular complexity index is 624. The minimum atomic E-state index is -1.17.